The summed E-state index contributed by atoms with van der Waals surface area (Å²) in [6, 6.07) is 5.08. The fourth-order valence-electron chi connectivity index (χ4n) is 1.78. The minimum absolute atomic E-state index is 0.0163. The van der Waals surface area contributed by atoms with Crippen LogP contribution in [-0.2, 0) is 14.8 Å². The van der Waals surface area contributed by atoms with E-state index in [2.05, 4.69) is 10.1 Å². The van der Waals surface area contributed by atoms with Gasteiger partial charge in [0.25, 0.3) is 0 Å². The molecule has 22 heavy (non-hydrogen) atoms. The first-order chi connectivity index (χ1) is 10.3. The number of benzene rings is 1. The normalized spacial score (nSPS) is 11.7. The van der Waals surface area contributed by atoms with E-state index in [9.17, 15) is 22.0 Å². The number of sulfonamides is 1. The molecule has 0 saturated carbocycles. The summed E-state index contributed by atoms with van der Waals surface area (Å²) in [6.45, 7) is 0.0939. The van der Waals surface area contributed by atoms with E-state index >= 15 is 0 Å². The number of carbonyl (C=O) groups excluding carboxylic acids is 1. The van der Waals surface area contributed by atoms with E-state index in [-0.39, 0.29) is 6.54 Å². The molecule has 0 fully saturated rings. The molecule has 0 saturated heterocycles. The molecule has 1 rings (SSSR count). The van der Waals surface area contributed by atoms with Gasteiger partial charge in [-0.05, 0) is 19.1 Å². The van der Waals surface area contributed by atoms with Gasteiger partial charge in [-0.15, -0.1) is 0 Å². The zero-order valence-electron chi connectivity index (χ0n) is 12.3. The number of hydrogen-bond acceptors (Lipinski definition) is 4. The van der Waals surface area contributed by atoms with Crippen LogP contribution in [-0.4, -0.2) is 44.9 Å². The summed E-state index contributed by atoms with van der Waals surface area (Å²) in [4.78, 5) is 11.2. The molecule has 1 N–H and O–H groups in total. The Kier molecular flexibility index (Phi) is 6.69. The van der Waals surface area contributed by atoms with Gasteiger partial charge in [0.05, 0.1) is 6.54 Å². The first-order valence-corrected chi connectivity index (χ1v) is 8.07. The van der Waals surface area contributed by atoms with Crippen molar-refractivity contribution in [2.45, 2.75) is 25.4 Å². The second-order valence-corrected chi connectivity index (χ2v) is 6.12. The molecule has 1 aromatic carbocycles. The number of carbonyl (C=O) groups is 1. The van der Waals surface area contributed by atoms with Gasteiger partial charge in [0, 0.05) is 13.1 Å². The molecule has 0 aromatic heterocycles. The number of likely N-dealkylation sites (N-methyl/N-ethyl adjacent to an activating group) is 2. The highest BCUT2D eigenvalue weighted by molar-refractivity contribution is 7.89. The second kappa shape index (κ2) is 8.04. The average Bonchev–Trinajstić information content (AvgIpc) is 2.44. The lowest BCUT2D eigenvalue weighted by Crippen LogP contribution is -2.40. The van der Waals surface area contributed by atoms with Crippen LogP contribution in [0.25, 0.3) is 0 Å². The first kappa shape index (κ1) is 18.3. The Bertz CT molecular complexity index is 608. The van der Waals surface area contributed by atoms with Crippen molar-refractivity contribution in [3.05, 3.63) is 24.3 Å². The Morgan fingerprint density at radius 1 is 1.32 bits per heavy atom. The lowest BCUT2D eigenvalue weighted by atomic mass is 10.3. The lowest BCUT2D eigenvalue weighted by molar-refractivity contribution is -0.121. The fraction of sp³-hybridized carbons (Fsp3) is 0.462. The summed E-state index contributed by atoms with van der Waals surface area (Å²) in [7, 11) is -4.13. The SMILES string of the molecule is CCNC(=O)CN(CC)S(=O)(=O)c1ccccc1OC(F)F. The molecule has 0 bridgehead atoms. The fourth-order valence-corrected chi connectivity index (χ4v) is 3.30. The minimum Gasteiger partial charge on any atom is -0.433 e. The van der Waals surface area contributed by atoms with E-state index in [0.29, 0.717) is 6.54 Å². The van der Waals surface area contributed by atoms with Crippen molar-refractivity contribution in [3.8, 4) is 5.75 Å². The van der Waals surface area contributed by atoms with Crippen molar-refractivity contribution in [2.75, 3.05) is 19.6 Å². The van der Waals surface area contributed by atoms with E-state index in [1.807, 2.05) is 0 Å². The predicted molar refractivity (Wildman–Crippen MR) is 76.2 cm³/mol. The number of amides is 1. The van der Waals surface area contributed by atoms with Crippen LogP contribution in [0.15, 0.2) is 29.2 Å². The maximum absolute atomic E-state index is 12.5. The third-order valence-electron chi connectivity index (χ3n) is 2.73. The van der Waals surface area contributed by atoms with Crippen molar-refractivity contribution in [1.29, 1.82) is 0 Å². The predicted octanol–water partition coefficient (Wildman–Crippen LogP) is 1.43. The summed E-state index contributed by atoms with van der Waals surface area (Å²) in [5.74, 6) is -0.924. The minimum atomic E-state index is -4.13. The van der Waals surface area contributed by atoms with Crippen molar-refractivity contribution in [2.24, 2.45) is 0 Å². The molecule has 6 nitrogen and oxygen atoms in total. The summed E-state index contributed by atoms with van der Waals surface area (Å²) in [6.07, 6.45) is 0. The second-order valence-electron chi connectivity index (χ2n) is 4.21. The van der Waals surface area contributed by atoms with Crippen LogP contribution in [0, 0.1) is 0 Å². The molecule has 0 unspecified atom stereocenters. The van der Waals surface area contributed by atoms with Crippen molar-refractivity contribution in [1.82, 2.24) is 9.62 Å². The molecule has 1 amide bonds. The zero-order chi connectivity index (χ0) is 16.8. The van der Waals surface area contributed by atoms with Crippen LogP contribution in [0.3, 0.4) is 0 Å². The van der Waals surface area contributed by atoms with Gasteiger partial charge in [0.2, 0.25) is 15.9 Å². The van der Waals surface area contributed by atoms with E-state index < -0.39 is 39.7 Å². The van der Waals surface area contributed by atoms with E-state index in [0.717, 1.165) is 16.4 Å². The summed E-state index contributed by atoms with van der Waals surface area (Å²) < 4.78 is 55.0. The van der Waals surface area contributed by atoms with Crippen molar-refractivity contribution in [3.63, 3.8) is 0 Å². The highest BCUT2D eigenvalue weighted by Gasteiger charge is 2.28. The zero-order valence-corrected chi connectivity index (χ0v) is 13.1. The van der Waals surface area contributed by atoms with Crippen LogP contribution in [0.1, 0.15) is 13.8 Å². The van der Waals surface area contributed by atoms with Crippen molar-refractivity contribution >= 4 is 15.9 Å². The summed E-state index contributed by atoms with van der Waals surface area (Å²) in [5, 5.41) is 2.48. The molecule has 0 aliphatic carbocycles. The molecule has 0 radical (unpaired) electrons. The van der Waals surface area contributed by atoms with Gasteiger partial charge >= 0.3 is 6.61 Å². The number of alkyl halides is 2. The van der Waals surface area contributed by atoms with Crippen LogP contribution < -0.4 is 10.1 Å². The molecule has 0 aliphatic rings. The molecule has 9 heteroatoms. The number of halogens is 2. The third-order valence-corrected chi connectivity index (χ3v) is 4.69. The Hall–Kier alpha value is -1.74. The largest absolute Gasteiger partial charge is 0.433 e. The molecule has 124 valence electrons. The van der Waals surface area contributed by atoms with Crippen LogP contribution in [0.4, 0.5) is 8.78 Å². The van der Waals surface area contributed by atoms with E-state index in [4.69, 9.17) is 0 Å². The van der Waals surface area contributed by atoms with Gasteiger partial charge in [-0.25, -0.2) is 8.42 Å². The van der Waals surface area contributed by atoms with E-state index in [1.54, 1.807) is 13.8 Å². The smallest absolute Gasteiger partial charge is 0.387 e. The van der Waals surface area contributed by atoms with Gasteiger partial charge < -0.3 is 10.1 Å². The number of rotatable bonds is 8. The van der Waals surface area contributed by atoms with Crippen molar-refractivity contribution < 1.29 is 26.7 Å². The van der Waals surface area contributed by atoms with Crippen LogP contribution >= 0.6 is 0 Å². The number of hydrogen-bond donors (Lipinski definition) is 1. The maximum Gasteiger partial charge on any atom is 0.387 e. The van der Waals surface area contributed by atoms with Gasteiger partial charge in [-0.3, -0.25) is 4.79 Å². The third kappa shape index (κ3) is 4.63. The van der Waals surface area contributed by atoms with Gasteiger partial charge in [0.15, 0.2) is 0 Å². The molecule has 0 aliphatic heterocycles. The maximum atomic E-state index is 12.5. The topological polar surface area (TPSA) is 75.7 Å². The lowest BCUT2D eigenvalue weighted by Gasteiger charge is -2.21. The summed E-state index contributed by atoms with van der Waals surface area (Å²) in [5.41, 5.74) is 0. The molecule has 0 heterocycles. The van der Waals surface area contributed by atoms with Gasteiger partial charge in [-0.2, -0.15) is 13.1 Å². The molecular weight excluding hydrogens is 318 g/mol. The number of para-hydroxylation sites is 1. The average molecular weight is 336 g/mol. The number of nitrogens with zero attached hydrogens (tertiary/aromatic N) is 1. The first-order valence-electron chi connectivity index (χ1n) is 6.63. The molecular formula is C13H18F2N2O4S. The van der Waals surface area contributed by atoms with Gasteiger partial charge in [0.1, 0.15) is 10.6 Å². The molecule has 0 spiro atoms. The Morgan fingerprint density at radius 3 is 2.50 bits per heavy atom. The quantitative estimate of drug-likeness (QED) is 0.779. The highest BCUT2D eigenvalue weighted by Crippen LogP contribution is 2.27. The monoisotopic (exact) mass is 336 g/mol. The Labute approximate surface area is 128 Å². The number of nitrogens with one attached hydrogen (secondary N) is 1. The summed E-state index contributed by atoms with van der Waals surface area (Å²) >= 11 is 0. The Balaban J connectivity index is 3.13. The molecule has 0 atom stereocenters. The standard InChI is InChI=1S/C13H18F2N2O4S/c1-3-16-12(18)9-17(4-2)22(19,20)11-8-6-5-7-10(11)21-13(14)15/h5-8,13H,3-4,9H2,1-2H3,(H,16,18). The Morgan fingerprint density at radius 2 is 1.95 bits per heavy atom. The van der Waals surface area contributed by atoms with E-state index in [1.165, 1.54) is 12.1 Å². The molecule has 1 aromatic rings. The van der Waals surface area contributed by atoms with Gasteiger partial charge in [-0.1, -0.05) is 19.1 Å². The number of ether oxygens (including phenoxy) is 1. The van der Waals surface area contributed by atoms with Crippen LogP contribution in [0.2, 0.25) is 0 Å². The van der Waals surface area contributed by atoms with Crippen LogP contribution in [0.5, 0.6) is 5.75 Å². The highest BCUT2D eigenvalue weighted by atomic mass is 32.2.